The standard InChI is InChI=1S/C13H16N4O3/c1-20-11-12(16-7-17-13(11)19)15-6-10(18)8-2-4-9(14)5-3-8/h2-5,7,10,18H,6,14H2,1H3,(H2,15,16,17,19). The van der Waals surface area contributed by atoms with Crippen LogP contribution in [0.15, 0.2) is 35.4 Å². The van der Waals surface area contributed by atoms with Crippen molar-refractivity contribution in [2.24, 2.45) is 0 Å². The fourth-order valence-corrected chi connectivity index (χ4v) is 1.73. The molecular formula is C13H16N4O3. The normalized spacial score (nSPS) is 11.9. The van der Waals surface area contributed by atoms with Crippen LogP contribution in [-0.2, 0) is 0 Å². The maximum atomic E-state index is 11.5. The molecule has 0 spiro atoms. The fraction of sp³-hybridized carbons (Fsp3) is 0.231. The third-order valence-corrected chi connectivity index (χ3v) is 2.80. The van der Waals surface area contributed by atoms with E-state index in [-0.39, 0.29) is 23.7 Å². The number of aliphatic hydroxyl groups excluding tert-OH is 1. The van der Waals surface area contributed by atoms with Crippen molar-refractivity contribution in [3.05, 3.63) is 46.5 Å². The maximum Gasteiger partial charge on any atom is 0.295 e. The summed E-state index contributed by atoms with van der Waals surface area (Å²) in [6.45, 7) is 0.191. The van der Waals surface area contributed by atoms with Crippen molar-refractivity contribution in [3.8, 4) is 5.75 Å². The Bertz CT molecular complexity index is 624. The quantitative estimate of drug-likeness (QED) is 0.592. The van der Waals surface area contributed by atoms with Gasteiger partial charge < -0.3 is 25.9 Å². The van der Waals surface area contributed by atoms with Gasteiger partial charge in [-0.05, 0) is 17.7 Å². The molecule has 0 saturated heterocycles. The van der Waals surface area contributed by atoms with E-state index in [2.05, 4.69) is 15.3 Å². The summed E-state index contributed by atoms with van der Waals surface area (Å²) >= 11 is 0. The van der Waals surface area contributed by atoms with Gasteiger partial charge in [0, 0.05) is 12.2 Å². The lowest BCUT2D eigenvalue weighted by Crippen LogP contribution is -2.17. The highest BCUT2D eigenvalue weighted by atomic mass is 16.5. The van der Waals surface area contributed by atoms with Gasteiger partial charge in [0.25, 0.3) is 5.56 Å². The van der Waals surface area contributed by atoms with Crippen molar-refractivity contribution >= 4 is 11.5 Å². The number of hydrogen-bond donors (Lipinski definition) is 4. The zero-order chi connectivity index (χ0) is 14.5. The third-order valence-electron chi connectivity index (χ3n) is 2.80. The van der Waals surface area contributed by atoms with E-state index in [4.69, 9.17) is 10.5 Å². The minimum atomic E-state index is -0.749. The molecule has 0 aliphatic carbocycles. The largest absolute Gasteiger partial charge is 0.489 e. The van der Waals surface area contributed by atoms with E-state index in [0.29, 0.717) is 5.69 Å². The Morgan fingerprint density at radius 3 is 2.80 bits per heavy atom. The van der Waals surface area contributed by atoms with E-state index >= 15 is 0 Å². The van der Waals surface area contributed by atoms with Crippen LogP contribution in [0.1, 0.15) is 11.7 Å². The summed E-state index contributed by atoms with van der Waals surface area (Å²) in [7, 11) is 1.38. The number of methoxy groups -OCH3 is 1. The fourth-order valence-electron chi connectivity index (χ4n) is 1.73. The lowest BCUT2D eigenvalue weighted by atomic mass is 10.1. The molecule has 20 heavy (non-hydrogen) atoms. The monoisotopic (exact) mass is 276 g/mol. The number of rotatable bonds is 5. The third kappa shape index (κ3) is 3.07. The van der Waals surface area contributed by atoms with Crippen molar-refractivity contribution in [2.45, 2.75) is 6.10 Å². The number of nitrogens with one attached hydrogen (secondary N) is 2. The van der Waals surface area contributed by atoms with Gasteiger partial charge in [-0.2, -0.15) is 0 Å². The highest BCUT2D eigenvalue weighted by Gasteiger charge is 2.12. The molecule has 1 aromatic heterocycles. The molecule has 2 aromatic rings. The first-order valence-electron chi connectivity index (χ1n) is 6.01. The Balaban J connectivity index is 2.07. The summed E-state index contributed by atoms with van der Waals surface area (Å²) in [6.07, 6.45) is 0.518. The molecule has 0 bridgehead atoms. The summed E-state index contributed by atoms with van der Waals surface area (Å²) in [5, 5.41) is 12.9. The summed E-state index contributed by atoms with van der Waals surface area (Å²) < 4.78 is 4.96. The number of nitrogens with two attached hydrogens (primary N) is 1. The Kier molecular flexibility index (Phi) is 4.21. The second-order valence-electron chi connectivity index (χ2n) is 4.18. The smallest absolute Gasteiger partial charge is 0.295 e. The molecule has 1 heterocycles. The predicted octanol–water partition coefficient (Wildman–Crippen LogP) is 0.506. The number of benzene rings is 1. The van der Waals surface area contributed by atoms with E-state index in [1.807, 2.05) is 0 Å². The van der Waals surface area contributed by atoms with Crippen molar-refractivity contribution in [3.63, 3.8) is 0 Å². The Morgan fingerprint density at radius 1 is 1.45 bits per heavy atom. The number of aromatic nitrogens is 2. The first kappa shape index (κ1) is 13.9. The molecular weight excluding hydrogens is 260 g/mol. The molecule has 0 saturated carbocycles. The lowest BCUT2D eigenvalue weighted by molar-refractivity contribution is 0.191. The molecule has 2 rings (SSSR count). The number of ether oxygens (including phenoxy) is 1. The van der Waals surface area contributed by atoms with Crippen LogP contribution >= 0.6 is 0 Å². The maximum absolute atomic E-state index is 11.5. The van der Waals surface area contributed by atoms with E-state index in [1.165, 1.54) is 13.4 Å². The Hall–Kier alpha value is -2.54. The van der Waals surface area contributed by atoms with Gasteiger partial charge in [0.1, 0.15) is 0 Å². The van der Waals surface area contributed by atoms with Gasteiger partial charge in [0.15, 0.2) is 5.82 Å². The highest BCUT2D eigenvalue weighted by molar-refractivity contribution is 5.48. The molecule has 7 heteroatoms. The van der Waals surface area contributed by atoms with Crippen LogP contribution in [0.3, 0.4) is 0 Å². The molecule has 0 fully saturated rings. The minimum Gasteiger partial charge on any atom is -0.489 e. The first-order chi connectivity index (χ1) is 9.61. The molecule has 0 aliphatic heterocycles. The zero-order valence-corrected chi connectivity index (χ0v) is 11.0. The molecule has 1 aromatic carbocycles. The summed E-state index contributed by atoms with van der Waals surface area (Å²) in [5.41, 5.74) is 6.55. The van der Waals surface area contributed by atoms with E-state index in [1.54, 1.807) is 24.3 Å². The SMILES string of the molecule is COc1c(NCC(O)c2ccc(N)cc2)nc[nH]c1=O. The molecule has 1 atom stereocenters. The number of nitrogens with zero attached hydrogens (tertiary/aromatic N) is 1. The van der Waals surface area contributed by atoms with Gasteiger partial charge >= 0.3 is 0 Å². The molecule has 1 unspecified atom stereocenters. The van der Waals surface area contributed by atoms with Gasteiger partial charge in [-0.1, -0.05) is 12.1 Å². The average Bonchev–Trinajstić information content (AvgIpc) is 2.45. The topological polar surface area (TPSA) is 113 Å². The molecule has 0 radical (unpaired) electrons. The van der Waals surface area contributed by atoms with Crippen LogP contribution in [0.2, 0.25) is 0 Å². The van der Waals surface area contributed by atoms with Gasteiger partial charge in [-0.3, -0.25) is 4.79 Å². The number of nitrogen functional groups attached to an aromatic ring is 1. The molecule has 5 N–H and O–H groups in total. The van der Waals surface area contributed by atoms with Crippen molar-refractivity contribution in [1.82, 2.24) is 9.97 Å². The molecule has 0 amide bonds. The predicted molar refractivity (Wildman–Crippen MR) is 75.7 cm³/mol. The average molecular weight is 276 g/mol. The van der Waals surface area contributed by atoms with Crippen molar-refractivity contribution in [2.75, 3.05) is 24.7 Å². The van der Waals surface area contributed by atoms with Crippen molar-refractivity contribution < 1.29 is 9.84 Å². The van der Waals surface area contributed by atoms with Gasteiger partial charge in [-0.25, -0.2) is 4.98 Å². The number of anilines is 2. The van der Waals surface area contributed by atoms with E-state index in [0.717, 1.165) is 5.56 Å². The summed E-state index contributed by atoms with van der Waals surface area (Å²) in [5.74, 6) is 0.364. The minimum absolute atomic E-state index is 0.0806. The molecule has 7 nitrogen and oxygen atoms in total. The number of aliphatic hydroxyl groups is 1. The first-order valence-corrected chi connectivity index (χ1v) is 6.01. The Labute approximate surface area is 115 Å². The van der Waals surface area contributed by atoms with Crippen LogP contribution in [0, 0.1) is 0 Å². The number of H-pyrrole nitrogens is 1. The number of hydrogen-bond acceptors (Lipinski definition) is 6. The van der Waals surface area contributed by atoms with E-state index in [9.17, 15) is 9.90 Å². The van der Waals surface area contributed by atoms with Crippen molar-refractivity contribution in [1.29, 1.82) is 0 Å². The van der Waals surface area contributed by atoms with Gasteiger partial charge in [0.2, 0.25) is 5.75 Å². The molecule has 106 valence electrons. The summed E-state index contributed by atoms with van der Waals surface area (Å²) in [4.78, 5) is 17.9. The van der Waals surface area contributed by atoms with E-state index < -0.39 is 6.10 Å². The van der Waals surface area contributed by atoms with Gasteiger partial charge in [-0.15, -0.1) is 0 Å². The lowest BCUT2D eigenvalue weighted by Gasteiger charge is -2.14. The second kappa shape index (κ2) is 6.07. The zero-order valence-electron chi connectivity index (χ0n) is 11.0. The highest BCUT2D eigenvalue weighted by Crippen LogP contribution is 2.18. The van der Waals surface area contributed by atoms with Gasteiger partial charge in [0.05, 0.1) is 19.5 Å². The summed E-state index contributed by atoms with van der Waals surface area (Å²) in [6, 6.07) is 6.91. The van der Waals surface area contributed by atoms with Crippen LogP contribution < -0.4 is 21.3 Å². The van der Waals surface area contributed by atoms with Crippen LogP contribution in [0.25, 0.3) is 0 Å². The Morgan fingerprint density at radius 2 is 2.15 bits per heavy atom. The molecule has 0 aliphatic rings. The van der Waals surface area contributed by atoms with Crippen LogP contribution in [0.5, 0.6) is 5.75 Å². The number of aromatic amines is 1. The van der Waals surface area contributed by atoms with Crippen LogP contribution in [0.4, 0.5) is 11.5 Å². The van der Waals surface area contributed by atoms with Crippen LogP contribution in [-0.4, -0.2) is 28.7 Å². The second-order valence-corrected chi connectivity index (χ2v) is 4.18.